The summed E-state index contributed by atoms with van der Waals surface area (Å²) in [6.45, 7) is 4.87. The lowest BCUT2D eigenvalue weighted by atomic mass is 10.0. The molecule has 1 aliphatic carbocycles. The van der Waals surface area contributed by atoms with Gasteiger partial charge < -0.3 is 10.6 Å². The Bertz CT molecular complexity index is 210. The highest BCUT2D eigenvalue weighted by Gasteiger charge is 2.24. The third-order valence-electron chi connectivity index (χ3n) is 3.39. The summed E-state index contributed by atoms with van der Waals surface area (Å²) >= 11 is 0. The zero-order valence-electron chi connectivity index (χ0n) is 10.2. The lowest BCUT2D eigenvalue weighted by molar-refractivity contribution is -0.132. The molecule has 1 fully saturated rings. The molecule has 1 aliphatic rings. The zero-order chi connectivity index (χ0) is 11.4. The summed E-state index contributed by atoms with van der Waals surface area (Å²) in [5, 5.41) is 0. The van der Waals surface area contributed by atoms with E-state index in [4.69, 9.17) is 5.73 Å². The summed E-state index contributed by atoms with van der Waals surface area (Å²) in [5.41, 5.74) is 5.84. The summed E-state index contributed by atoms with van der Waals surface area (Å²) in [7, 11) is 1.88. The van der Waals surface area contributed by atoms with Gasteiger partial charge in [-0.2, -0.15) is 0 Å². The van der Waals surface area contributed by atoms with Crippen LogP contribution in [0.1, 0.15) is 39.5 Å². The van der Waals surface area contributed by atoms with Crippen molar-refractivity contribution in [1.29, 1.82) is 0 Å². The predicted molar refractivity (Wildman–Crippen MR) is 62.4 cm³/mol. The first kappa shape index (κ1) is 12.5. The molecule has 0 aromatic carbocycles. The van der Waals surface area contributed by atoms with Crippen molar-refractivity contribution < 1.29 is 4.79 Å². The fourth-order valence-corrected chi connectivity index (χ4v) is 2.21. The summed E-state index contributed by atoms with van der Waals surface area (Å²) in [6.07, 6.45) is 5.19. The normalized spacial score (nSPS) is 19.5. The quantitative estimate of drug-likeness (QED) is 0.769. The SMILES string of the molecule is CC(C)[C@H](N)C(=O)N(C)CC1CCCC1. The number of amides is 1. The number of likely N-dealkylation sites (N-methyl/N-ethyl adjacent to an activating group) is 1. The van der Waals surface area contributed by atoms with E-state index in [0.29, 0.717) is 5.92 Å². The van der Waals surface area contributed by atoms with Gasteiger partial charge in [0.1, 0.15) is 0 Å². The van der Waals surface area contributed by atoms with Gasteiger partial charge in [-0.3, -0.25) is 4.79 Å². The predicted octanol–water partition coefficient (Wildman–Crippen LogP) is 1.62. The van der Waals surface area contributed by atoms with E-state index in [1.165, 1.54) is 25.7 Å². The van der Waals surface area contributed by atoms with E-state index in [1.807, 2.05) is 25.8 Å². The molecule has 0 aromatic rings. The Morgan fingerprint density at radius 1 is 1.40 bits per heavy atom. The van der Waals surface area contributed by atoms with Crippen LogP contribution in [-0.2, 0) is 4.79 Å². The van der Waals surface area contributed by atoms with E-state index >= 15 is 0 Å². The van der Waals surface area contributed by atoms with Crippen LogP contribution in [0.3, 0.4) is 0 Å². The van der Waals surface area contributed by atoms with Gasteiger partial charge in [0.15, 0.2) is 0 Å². The minimum Gasteiger partial charge on any atom is -0.344 e. The molecule has 3 heteroatoms. The molecule has 0 radical (unpaired) electrons. The van der Waals surface area contributed by atoms with Crippen LogP contribution in [-0.4, -0.2) is 30.4 Å². The second-order valence-electron chi connectivity index (χ2n) is 5.14. The Hall–Kier alpha value is -0.570. The maximum absolute atomic E-state index is 11.9. The minimum atomic E-state index is -0.337. The van der Waals surface area contributed by atoms with Crippen LogP contribution in [0.4, 0.5) is 0 Å². The van der Waals surface area contributed by atoms with Gasteiger partial charge in [-0.05, 0) is 24.7 Å². The van der Waals surface area contributed by atoms with Crippen molar-refractivity contribution in [2.75, 3.05) is 13.6 Å². The fourth-order valence-electron chi connectivity index (χ4n) is 2.21. The van der Waals surface area contributed by atoms with Gasteiger partial charge in [-0.1, -0.05) is 26.7 Å². The molecular weight excluding hydrogens is 188 g/mol. The molecule has 1 saturated carbocycles. The standard InChI is InChI=1S/C12H24N2O/c1-9(2)11(13)12(15)14(3)8-10-6-4-5-7-10/h9-11H,4-8,13H2,1-3H3/t11-/m0/s1. The van der Waals surface area contributed by atoms with E-state index in [9.17, 15) is 4.79 Å². The van der Waals surface area contributed by atoms with Crippen LogP contribution in [0.5, 0.6) is 0 Å². The number of carbonyl (C=O) groups is 1. The van der Waals surface area contributed by atoms with E-state index in [2.05, 4.69) is 0 Å². The minimum absolute atomic E-state index is 0.0944. The van der Waals surface area contributed by atoms with Crippen molar-refractivity contribution in [2.45, 2.75) is 45.6 Å². The molecule has 88 valence electrons. The highest BCUT2D eigenvalue weighted by molar-refractivity contribution is 5.81. The lowest BCUT2D eigenvalue weighted by Gasteiger charge is -2.25. The molecule has 1 atom stereocenters. The van der Waals surface area contributed by atoms with Gasteiger partial charge in [0, 0.05) is 13.6 Å². The second kappa shape index (κ2) is 5.50. The number of hydrogen-bond donors (Lipinski definition) is 1. The van der Waals surface area contributed by atoms with Crippen molar-refractivity contribution >= 4 is 5.91 Å². The maximum Gasteiger partial charge on any atom is 0.239 e. The number of nitrogens with two attached hydrogens (primary N) is 1. The Kier molecular flexibility index (Phi) is 4.58. The van der Waals surface area contributed by atoms with Crippen molar-refractivity contribution in [1.82, 2.24) is 4.90 Å². The van der Waals surface area contributed by atoms with Crippen LogP contribution in [0, 0.1) is 11.8 Å². The first-order valence-corrected chi connectivity index (χ1v) is 6.03. The molecule has 2 N–H and O–H groups in total. The van der Waals surface area contributed by atoms with Crippen molar-refractivity contribution in [3.63, 3.8) is 0 Å². The van der Waals surface area contributed by atoms with Crippen molar-refractivity contribution in [3.05, 3.63) is 0 Å². The summed E-state index contributed by atoms with van der Waals surface area (Å²) in [4.78, 5) is 13.7. The number of carbonyl (C=O) groups excluding carboxylic acids is 1. The molecule has 0 heterocycles. The molecule has 1 rings (SSSR count). The van der Waals surface area contributed by atoms with Crippen LogP contribution >= 0.6 is 0 Å². The fraction of sp³-hybridized carbons (Fsp3) is 0.917. The molecule has 15 heavy (non-hydrogen) atoms. The third-order valence-corrected chi connectivity index (χ3v) is 3.39. The second-order valence-corrected chi connectivity index (χ2v) is 5.14. The smallest absolute Gasteiger partial charge is 0.239 e. The summed E-state index contributed by atoms with van der Waals surface area (Å²) in [6, 6.07) is -0.337. The Balaban J connectivity index is 2.38. The zero-order valence-corrected chi connectivity index (χ0v) is 10.2. The van der Waals surface area contributed by atoms with Crippen LogP contribution < -0.4 is 5.73 Å². The van der Waals surface area contributed by atoms with Gasteiger partial charge in [-0.25, -0.2) is 0 Å². The molecule has 0 bridgehead atoms. The van der Waals surface area contributed by atoms with Gasteiger partial charge in [0.25, 0.3) is 0 Å². The van der Waals surface area contributed by atoms with Crippen LogP contribution in [0.15, 0.2) is 0 Å². The highest BCUT2D eigenvalue weighted by atomic mass is 16.2. The first-order chi connectivity index (χ1) is 7.02. The van der Waals surface area contributed by atoms with Gasteiger partial charge in [0.2, 0.25) is 5.91 Å². The highest BCUT2D eigenvalue weighted by Crippen LogP contribution is 2.25. The van der Waals surface area contributed by atoms with Crippen LogP contribution in [0.25, 0.3) is 0 Å². The van der Waals surface area contributed by atoms with E-state index in [-0.39, 0.29) is 17.9 Å². The summed E-state index contributed by atoms with van der Waals surface area (Å²) in [5.74, 6) is 1.03. The molecule has 3 nitrogen and oxygen atoms in total. The van der Waals surface area contributed by atoms with Gasteiger partial charge in [-0.15, -0.1) is 0 Å². The molecule has 0 aromatic heterocycles. The van der Waals surface area contributed by atoms with Crippen molar-refractivity contribution in [3.8, 4) is 0 Å². The van der Waals surface area contributed by atoms with E-state index in [1.54, 1.807) is 0 Å². The molecule has 1 amide bonds. The monoisotopic (exact) mass is 212 g/mol. The number of nitrogens with zero attached hydrogens (tertiary/aromatic N) is 1. The first-order valence-electron chi connectivity index (χ1n) is 6.03. The number of rotatable bonds is 4. The third kappa shape index (κ3) is 3.49. The van der Waals surface area contributed by atoms with Crippen LogP contribution in [0.2, 0.25) is 0 Å². The largest absolute Gasteiger partial charge is 0.344 e. The average molecular weight is 212 g/mol. The molecule has 0 saturated heterocycles. The Labute approximate surface area is 93.0 Å². The molecule has 0 aliphatic heterocycles. The molecule has 0 unspecified atom stereocenters. The van der Waals surface area contributed by atoms with Crippen molar-refractivity contribution in [2.24, 2.45) is 17.6 Å². The average Bonchev–Trinajstić information content (AvgIpc) is 2.67. The Morgan fingerprint density at radius 2 is 1.93 bits per heavy atom. The van der Waals surface area contributed by atoms with E-state index < -0.39 is 0 Å². The maximum atomic E-state index is 11.9. The topological polar surface area (TPSA) is 46.3 Å². The van der Waals surface area contributed by atoms with E-state index in [0.717, 1.165) is 6.54 Å². The van der Waals surface area contributed by atoms with Gasteiger partial charge in [0.05, 0.1) is 6.04 Å². The molecular formula is C12H24N2O. The number of hydrogen-bond acceptors (Lipinski definition) is 2. The molecule has 0 spiro atoms. The Morgan fingerprint density at radius 3 is 2.40 bits per heavy atom. The lowest BCUT2D eigenvalue weighted by Crippen LogP contribution is -2.46. The summed E-state index contributed by atoms with van der Waals surface area (Å²) < 4.78 is 0. The van der Waals surface area contributed by atoms with Gasteiger partial charge >= 0.3 is 0 Å².